The van der Waals surface area contributed by atoms with Crippen molar-refractivity contribution in [1.29, 1.82) is 0 Å². The Morgan fingerprint density at radius 3 is 2.47 bits per heavy atom. The highest BCUT2D eigenvalue weighted by Gasteiger charge is 2.29. The third-order valence-corrected chi connectivity index (χ3v) is 3.99. The maximum absolute atomic E-state index is 11.9. The summed E-state index contributed by atoms with van der Waals surface area (Å²) in [4.78, 5) is 23.7. The molecule has 1 fully saturated rings. The van der Waals surface area contributed by atoms with Gasteiger partial charge in [-0.1, -0.05) is 17.7 Å². The number of nitrogens with one attached hydrogen (secondary N) is 2. The van der Waals surface area contributed by atoms with Crippen LogP contribution in [0, 0.1) is 6.92 Å². The first-order chi connectivity index (χ1) is 8.90. The van der Waals surface area contributed by atoms with Gasteiger partial charge >= 0.3 is 12.1 Å². The highest BCUT2D eigenvalue weighted by Crippen LogP contribution is 2.10. The second-order valence-electron chi connectivity index (χ2n) is 4.11. The van der Waals surface area contributed by atoms with Crippen molar-refractivity contribution in [2.45, 2.75) is 11.8 Å². The van der Waals surface area contributed by atoms with Crippen LogP contribution in [0.25, 0.3) is 0 Å². The van der Waals surface area contributed by atoms with Gasteiger partial charge in [-0.3, -0.25) is 0 Å². The Hall–Kier alpha value is -2.09. The molecule has 1 saturated heterocycles. The number of amides is 4. The van der Waals surface area contributed by atoms with Gasteiger partial charge in [0.25, 0.3) is 10.0 Å². The molecule has 1 aliphatic heterocycles. The second-order valence-corrected chi connectivity index (χ2v) is 5.79. The first-order valence-electron chi connectivity index (χ1n) is 5.59. The number of sulfonamides is 1. The van der Waals surface area contributed by atoms with Gasteiger partial charge < -0.3 is 5.32 Å². The molecule has 4 amide bonds. The number of hydrogen-bond donors (Lipinski definition) is 2. The van der Waals surface area contributed by atoms with E-state index in [-0.39, 0.29) is 11.4 Å². The zero-order valence-corrected chi connectivity index (χ0v) is 11.0. The van der Waals surface area contributed by atoms with Crippen LogP contribution in [-0.2, 0) is 10.0 Å². The summed E-state index contributed by atoms with van der Waals surface area (Å²) >= 11 is 0. The van der Waals surface area contributed by atoms with Crippen molar-refractivity contribution in [3.05, 3.63) is 29.8 Å². The molecular weight excluding hydrogens is 270 g/mol. The van der Waals surface area contributed by atoms with Gasteiger partial charge in [-0.05, 0) is 19.1 Å². The van der Waals surface area contributed by atoms with Crippen LogP contribution in [0.5, 0.6) is 0 Å². The fourth-order valence-electron chi connectivity index (χ4n) is 1.61. The van der Waals surface area contributed by atoms with Crippen molar-refractivity contribution < 1.29 is 18.0 Å². The fraction of sp³-hybridized carbons (Fsp3) is 0.273. The number of carbonyl (C=O) groups is 2. The molecule has 0 unspecified atom stereocenters. The molecule has 102 valence electrons. The number of hydrogen-bond acceptors (Lipinski definition) is 4. The molecule has 0 bridgehead atoms. The summed E-state index contributed by atoms with van der Waals surface area (Å²) in [6.07, 6.45) is 0. The molecule has 7 nitrogen and oxygen atoms in total. The first-order valence-corrected chi connectivity index (χ1v) is 7.07. The van der Waals surface area contributed by atoms with E-state index in [0.717, 1.165) is 10.5 Å². The molecule has 1 aromatic rings. The minimum absolute atomic E-state index is 0.0222. The molecule has 19 heavy (non-hydrogen) atoms. The smallest absolute Gasteiger partial charge is 0.336 e. The minimum Gasteiger partial charge on any atom is -0.336 e. The minimum atomic E-state index is -3.96. The standard InChI is InChI=1S/C11H13N3O4S/c1-8-2-4-9(5-3-8)19(17,18)13-11(16)14-7-6-12-10(14)15/h2-5H,6-7H2,1H3,(H,12,15)(H,13,16). The van der Waals surface area contributed by atoms with Crippen LogP contribution in [-0.4, -0.2) is 38.5 Å². The third-order valence-electron chi connectivity index (χ3n) is 2.65. The van der Waals surface area contributed by atoms with Gasteiger partial charge in [0.05, 0.1) is 4.90 Å². The van der Waals surface area contributed by atoms with Gasteiger partial charge in [0.1, 0.15) is 0 Å². The zero-order valence-electron chi connectivity index (χ0n) is 10.2. The van der Waals surface area contributed by atoms with Crippen molar-refractivity contribution in [3.63, 3.8) is 0 Å². The largest absolute Gasteiger partial charge is 0.339 e. The van der Waals surface area contributed by atoms with Gasteiger partial charge in [-0.25, -0.2) is 27.6 Å². The van der Waals surface area contributed by atoms with Crippen LogP contribution >= 0.6 is 0 Å². The van der Waals surface area contributed by atoms with Crippen LogP contribution in [0.4, 0.5) is 9.59 Å². The topological polar surface area (TPSA) is 95.6 Å². The average molecular weight is 283 g/mol. The predicted octanol–water partition coefficient (Wildman–Crippen LogP) is 0.419. The quantitative estimate of drug-likeness (QED) is 0.822. The summed E-state index contributed by atoms with van der Waals surface area (Å²) in [5, 5.41) is 2.41. The Balaban J connectivity index is 2.15. The molecule has 8 heteroatoms. The monoisotopic (exact) mass is 283 g/mol. The molecule has 1 aliphatic rings. The molecular formula is C11H13N3O4S. The predicted molar refractivity (Wildman–Crippen MR) is 67.0 cm³/mol. The van der Waals surface area contributed by atoms with E-state index < -0.39 is 22.1 Å². The normalized spacial score (nSPS) is 15.2. The average Bonchev–Trinajstić information content (AvgIpc) is 2.75. The van der Waals surface area contributed by atoms with Crippen molar-refractivity contribution >= 4 is 22.1 Å². The summed E-state index contributed by atoms with van der Waals surface area (Å²) in [6.45, 7) is 2.29. The maximum atomic E-state index is 11.9. The molecule has 2 N–H and O–H groups in total. The highest BCUT2D eigenvalue weighted by atomic mass is 32.2. The number of nitrogens with zero attached hydrogens (tertiary/aromatic N) is 1. The highest BCUT2D eigenvalue weighted by molar-refractivity contribution is 7.90. The number of carbonyl (C=O) groups excluding carboxylic acids is 2. The van der Waals surface area contributed by atoms with Crippen LogP contribution in [0.15, 0.2) is 29.2 Å². The number of urea groups is 2. The lowest BCUT2D eigenvalue weighted by Gasteiger charge is -2.13. The van der Waals surface area contributed by atoms with Crippen LogP contribution in [0.3, 0.4) is 0 Å². The third kappa shape index (κ3) is 2.84. The fourth-order valence-corrected chi connectivity index (χ4v) is 2.56. The van der Waals surface area contributed by atoms with E-state index in [1.807, 2.05) is 11.6 Å². The number of imide groups is 1. The second kappa shape index (κ2) is 4.88. The lowest BCUT2D eigenvalue weighted by atomic mass is 10.2. The number of aryl methyl sites for hydroxylation is 1. The zero-order chi connectivity index (χ0) is 14.0. The maximum Gasteiger partial charge on any atom is 0.339 e. The van der Waals surface area contributed by atoms with E-state index in [1.54, 1.807) is 12.1 Å². The number of rotatable bonds is 2. The summed E-state index contributed by atoms with van der Waals surface area (Å²) < 4.78 is 25.7. The van der Waals surface area contributed by atoms with Crippen molar-refractivity contribution in [2.24, 2.45) is 0 Å². The molecule has 0 aromatic heterocycles. The Labute approximate surface area is 110 Å². The lowest BCUT2D eigenvalue weighted by Crippen LogP contribution is -2.44. The summed E-state index contributed by atoms with van der Waals surface area (Å²) in [7, 11) is -3.96. The van der Waals surface area contributed by atoms with Crippen LogP contribution in [0.1, 0.15) is 5.56 Å². The molecule has 1 heterocycles. The SMILES string of the molecule is Cc1ccc(S(=O)(=O)NC(=O)N2CCNC2=O)cc1. The van der Waals surface area contributed by atoms with Gasteiger partial charge in [0.15, 0.2) is 0 Å². The Morgan fingerprint density at radius 2 is 1.95 bits per heavy atom. The molecule has 0 aliphatic carbocycles. The van der Waals surface area contributed by atoms with E-state index in [9.17, 15) is 18.0 Å². The van der Waals surface area contributed by atoms with Crippen molar-refractivity contribution in [1.82, 2.24) is 14.9 Å². The van der Waals surface area contributed by atoms with Gasteiger partial charge in [0.2, 0.25) is 0 Å². The lowest BCUT2D eigenvalue weighted by molar-refractivity contribution is 0.202. The summed E-state index contributed by atoms with van der Waals surface area (Å²) in [5.74, 6) is 0. The number of benzene rings is 1. The van der Waals surface area contributed by atoms with E-state index in [0.29, 0.717) is 6.54 Å². The molecule has 0 saturated carbocycles. The van der Waals surface area contributed by atoms with Gasteiger partial charge in [-0.2, -0.15) is 0 Å². The summed E-state index contributed by atoms with van der Waals surface area (Å²) in [5.41, 5.74) is 0.907. The van der Waals surface area contributed by atoms with Gasteiger partial charge in [0, 0.05) is 13.1 Å². The Morgan fingerprint density at radius 1 is 1.32 bits per heavy atom. The van der Waals surface area contributed by atoms with Crippen LogP contribution < -0.4 is 10.0 Å². The van der Waals surface area contributed by atoms with E-state index in [1.165, 1.54) is 12.1 Å². The van der Waals surface area contributed by atoms with E-state index in [2.05, 4.69) is 5.32 Å². The van der Waals surface area contributed by atoms with Gasteiger partial charge in [-0.15, -0.1) is 0 Å². The summed E-state index contributed by atoms with van der Waals surface area (Å²) in [6, 6.07) is 4.50. The molecule has 0 spiro atoms. The van der Waals surface area contributed by atoms with Crippen molar-refractivity contribution in [2.75, 3.05) is 13.1 Å². The van der Waals surface area contributed by atoms with E-state index >= 15 is 0 Å². The van der Waals surface area contributed by atoms with Crippen molar-refractivity contribution in [3.8, 4) is 0 Å². The molecule has 0 radical (unpaired) electrons. The first kappa shape index (κ1) is 13.3. The van der Waals surface area contributed by atoms with E-state index in [4.69, 9.17) is 0 Å². The van der Waals surface area contributed by atoms with Crippen LogP contribution in [0.2, 0.25) is 0 Å². The molecule has 1 aromatic carbocycles. The Bertz CT molecular complexity index is 609. The molecule has 0 atom stereocenters. The molecule has 2 rings (SSSR count). The Kier molecular flexibility index (Phi) is 3.43.